The van der Waals surface area contributed by atoms with Crippen molar-refractivity contribution in [2.75, 3.05) is 6.54 Å². The molecule has 0 aliphatic rings. The number of hydrogen-bond donors (Lipinski definition) is 2. The molecule has 0 bridgehead atoms. The summed E-state index contributed by atoms with van der Waals surface area (Å²) in [6.45, 7) is 1.26. The smallest absolute Gasteiger partial charge is 0.108 e. The van der Waals surface area contributed by atoms with Crippen molar-refractivity contribution in [2.45, 2.75) is 12.6 Å². The van der Waals surface area contributed by atoms with E-state index in [0.717, 1.165) is 6.54 Å². The normalized spacial score (nSPS) is 11.0. The average Bonchev–Trinajstić information content (AvgIpc) is 2.41. The molecular formula is C14H18Cl2N2O. The first-order valence-corrected chi connectivity index (χ1v) is 5.70. The molecule has 2 rings (SSSR count). The number of aromatic nitrogens is 1. The van der Waals surface area contributed by atoms with Crippen LogP contribution in [0.4, 0.5) is 0 Å². The Kier molecular flexibility index (Phi) is 9.17. The molecule has 0 amide bonds. The molecule has 2 N–H and O–H groups in total. The first kappa shape index (κ1) is 17.9. The van der Waals surface area contributed by atoms with E-state index in [4.69, 9.17) is 0 Å². The third kappa shape index (κ3) is 6.03. The van der Waals surface area contributed by atoms with Gasteiger partial charge in [0.05, 0.1) is 5.69 Å². The van der Waals surface area contributed by atoms with Crippen LogP contribution in [-0.4, -0.2) is 16.6 Å². The van der Waals surface area contributed by atoms with Crippen LogP contribution in [0.2, 0.25) is 0 Å². The Labute approximate surface area is 125 Å². The van der Waals surface area contributed by atoms with Crippen LogP contribution in [-0.2, 0) is 6.54 Å². The fourth-order valence-corrected chi connectivity index (χ4v) is 1.63. The lowest BCUT2D eigenvalue weighted by Gasteiger charge is -2.11. The highest BCUT2D eigenvalue weighted by atomic mass is 35.5. The Morgan fingerprint density at radius 1 is 1.00 bits per heavy atom. The molecule has 0 saturated carbocycles. The molecule has 0 fully saturated rings. The van der Waals surface area contributed by atoms with Crippen LogP contribution in [0.15, 0.2) is 54.7 Å². The lowest BCUT2D eigenvalue weighted by molar-refractivity contribution is 0.169. The van der Waals surface area contributed by atoms with Gasteiger partial charge < -0.3 is 10.4 Å². The molecule has 1 aromatic carbocycles. The number of nitrogens with zero attached hydrogens (tertiary/aromatic N) is 1. The van der Waals surface area contributed by atoms with Crippen molar-refractivity contribution in [3.05, 3.63) is 66.0 Å². The highest BCUT2D eigenvalue weighted by molar-refractivity contribution is 5.85. The molecule has 3 nitrogen and oxygen atoms in total. The van der Waals surface area contributed by atoms with Gasteiger partial charge in [-0.3, -0.25) is 4.98 Å². The molecule has 2 aromatic rings. The van der Waals surface area contributed by atoms with Crippen molar-refractivity contribution in [1.29, 1.82) is 0 Å². The number of aliphatic hydroxyl groups excluding tert-OH is 1. The number of hydrogen-bond acceptors (Lipinski definition) is 3. The third-order valence-corrected chi connectivity index (χ3v) is 2.54. The van der Waals surface area contributed by atoms with E-state index in [0.29, 0.717) is 12.2 Å². The van der Waals surface area contributed by atoms with Gasteiger partial charge in [0.2, 0.25) is 0 Å². The van der Waals surface area contributed by atoms with Crippen LogP contribution >= 0.6 is 24.8 Å². The molecular weight excluding hydrogens is 283 g/mol. The van der Waals surface area contributed by atoms with Gasteiger partial charge in [-0.05, 0) is 17.7 Å². The Bertz CT molecular complexity index is 440. The van der Waals surface area contributed by atoms with Gasteiger partial charge in [0.15, 0.2) is 0 Å². The van der Waals surface area contributed by atoms with Crippen LogP contribution < -0.4 is 5.32 Å². The van der Waals surface area contributed by atoms with Crippen LogP contribution in [0.5, 0.6) is 0 Å². The van der Waals surface area contributed by atoms with E-state index in [2.05, 4.69) is 22.4 Å². The van der Waals surface area contributed by atoms with Crippen molar-refractivity contribution >= 4 is 24.8 Å². The molecule has 0 aliphatic carbocycles. The fraction of sp³-hybridized carbons (Fsp3) is 0.214. The number of nitrogens with one attached hydrogen (secondary N) is 1. The fourth-order valence-electron chi connectivity index (χ4n) is 1.63. The minimum atomic E-state index is -0.556. The second-order valence-electron chi connectivity index (χ2n) is 3.89. The van der Waals surface area contributed by atoms with E-state index >= 15 is 0 Å². The van der Waals surface area contributed by atoms with Gasteiger partial charge in [-0.15, -0.1) is 24.8 Å². The van der Waals surface area contributed by atoms with Crippen LogP contribution in [0.3, 0.4) is 0 Å². The molecule has 0 saturated heterocycles. The standard InChI is InChI=1S/C14H16N2O.2ClH/c17-14(13-8-4-5-9-16-13)11-15-10-12-6-2-1-3-7-12;;/h1-9,14-15,17H,10-11H2;2*1H. The molecule has 1 atom stereocenters. The maximum Gasteiger partial charge on any atom is 0.108 e. The number of aliphatic hydroxyl groups is 1. The van der Waals surface area contributed by atoms with Gasteiger partial charge in [0.25, 0.3) is 0 Å². The molecule has 0 spiro atoms. The molecule has 0 radical (unpaired) electrons. The maximum atomic E-state index is 9.87. The topological polar surface area (TPSA) is 45.1 Å². The van der Waals surface area contributed by atoms with E-state index in [1.165, 1.54) is 5.56 Å². The van der Waals surface area contributed by atoms with Gasteiger partial charge in [-0.25, -0.2) is 0 Å². The zero-order valence-corrected chi connectivity index (χ0v) is 12.0. The zero-order chi connectivity index (χ0) is 11.9. The quantitative estimate of drug-likeness (QED) is 0.892. The highest BCUT2D eigenvalue weighted by Gasteiger charge is 2.06. The van der Waals surface area contributed by atoms with Crippen molar-refractivity contribution < 1.29 is 5.11 Å². The molecule has 0 aliphatic heterocycles. The Morgan fingerprint density at radius 3 is 2.32 bits per heavy atom. The zero-order valence-electron chi connectivity index (χ0n) is 10.4. The minimum Gasteiger partial charge on any atom is -0.385 e. The summed E-state index contributed by atoms with van der Waals surface area (Å²) in [4.78, 5) is 4.11. The van der Waals surface area contributed by atoms with Crippen LogP contribution in [0.1, 0.15) is 17.4 Å². The summed E-state index contributed by atoms with van der Waals surface area (Å²) < 4.78 is 0. The summed E-state index contributed by atoms with van der Waals surface area (Å²) in [6, 6.07) is 15.7. The van der Waals surface area contributed by atoms with Crippen molar-refractivity contribution in [2.24, 2.45) is 0 Å². The predicted molar refractivity (Wildman–Crippen MR) is 81.8 cm³/mol. The number of halogens is 2. The number of benzene rings is 1. The summed E-state index contributed by atoms with van der Waals surface area (Å²) in [7, 11) is 0. The first-order valence-electron chi connectivity index (χ1n) is 5.70. The summed E-state index contributed by atoms with van der Waals surface area (Å²) in [5.74, 6) is 0. The summed E-state index contributed by atoms with van der Waals surface area (Å²) in [5.41, 5.74) is 1.91. The Balaban J connectivity index is 0.00000162. The van der Waals surface area contributed by atoms with E-state index in [1.807, 2.05) is 36.4 Å². The molecule has 19 heavy (non-hydrogen) atoms. The van der Waals surface area contributed by atoms with E-state index < -0.39 is 6.10 Å². The third-order valence-electron chi connectivity index (χ3n) is 2.54. The van der Waals surface area contributed by atoms with Gasteiger partial charge in [0, 0.05) is 19.3 Å². The van der Waals surface area contributed by atoms with Crippen molar-refractivity contribution in [3.8, 4) is 0 Å². The molecule has 5 heteroatoms. The van der Waals surface area contributed by atoms with Crippen LogP contribution in [0.25, 0.3) is 0 Å². The van der Waals surface area contributed by atoms with Crippen LogP contribution in [0, 0.1) is 0 Å². The molecule has 1 unspecified atom stereocenters. The second kappa shape index (κ2) is 9.75. The Morgan fingerprint density at radius 2 is 1.68 bits per heavy atom. The second-order valence-corrected chi connectivity index (χ2v) is 3.89. The number of rotatable bonds is 5. The lowest BCUT2D eigenvalue weighted by atomic mass is 10.2. The number of pyridine rings is 1. The highest BCUT2D eigenvalue weighted by Crippen LogP contribution is 2.07. The lowest BCUT2D eigenvalue weighted by Crippen LogP contribution is -2.21. The SMILES string of the molecule is Cl.Cl.OC(CNCc1ccccc1)c1ccccn1. The van der Waals surface area contributed by atoms with E-state index in [-0.39, 0.29) is 24.8 Å². The van der Waals surface area contributed by atoms with E-state index in [1.54, 1.807) is 6.20 Å². The van der Waals surface area contributed by atoms with Gasteiger partial charge in [-0.1, -0.05) is 36.4 Å². The average molecular weight is 301 g/mol. The minimum absolute atomic E-state index is 0. The van der Waals surface area contributed by atoms with E-state index in [9.17, 15) is 5.11 Å². The van der Waals surface area contributed by atoms with Gasteiger partial charge in [-0.2, -0.15) is 0 Å². The van der Waals surface area contributed by atoms with Crippen molar-refractivity contribution in [1.82, 2.24) is 10.3 Å². The molecule has 1 heterocycles. The molecule has 104 valence electrons. The summed E-state index contributed by atoms with van der Waals surface area (Å²) in [5, 5.41) is 13.1. The monoisotopic (exact) mass is 300 g/mol. The summed E-state index contributed by atoms with van der Waals surface area (Å²) >= 11 is 0. The predicted octanol–water partition coefficient (Wildman–Crippen LogP) is 2.75. The largest absolute Gasteiger partial charge is 0.385 e. The maximum absolute atomic E-state index is 9.87. The Hall–Kier alpha value is -1.13. The van der Waals surface area contributed by atoms with Crippen molar-refractivity contribution in [3.63, 3.8) is 0 Å². The van der Waals surface area contributed by atoms with Gasteiger partial charge >= 0.3 is 0 Å². The summed E-state index contributed by atoms with van der Waals surface area (Å²) in [6.07, 6.45) is 1.13. The van der Waals surface area contributed by atoms with Gasteiger partial charge in [0.1, 0.15) is 6.10 Å². The first-order chi connectivity index (χ1) is 8.36. The molecule has 1 aromatic heterocycles.